The third-order valence-electron chi connectivity index (χ3n) is 3.16. The van der Waals surface area contributed by atoms with Crippen LogP contribution < -0.4 is 5.56 Å². The Morgan fingerprint density at radius 1 is 1.10 bits per heavy atom. The number of aromatic nitrogens is 2. The molecule has 0 aliphatic rings. The molecule has 1 heterocycles. The Hall–Kier alpha value is -2.89. The molecule has 0 saturated heterocycles. The van der Waals surface area contributed by atoms with Crippen molar-refractivity contribution < 1.29 is 4.92 Å². The van der Waals surface area contributed by atoms with Crippen molar-refractivity contribution in [3.05, 3.63) is 74.6 Å². The average Bonchev–Trinajstić information content (AvgIpc) is 2.77. The van der Waals surface area contributed by atoms with Gasteiger partial charge in [-0.3, -0.25) is 24.7 Å². The molecule has 6 nitrogen and oxygen atoms in total. The molecule has 20 heavy (non-hydrogen) atoms. The molecule has 0 saturated carbocycles. The molecule has 0 unspecified atom stereocenters. The Kier molecular flexibility index (Phi) is 2.83. The first-order valence-corrected chi connectivity index (χ1v) is 6.06. The lowest BCUT2D eigenvalue weighted by molar-refractivity contribution is -0.384. The molecule has 2 aromatic carbocycles. The third kappa shape index (κ3) is 2.07. The molecule has 0 bridgehead atoms. The van der Waals surface area contributed by atoms with Gasteiger partial charge in [0.1, 0.15) is 0 Å². The maximum absolute atomic E-state index is 11.8. The Bertz CT molecular complexity index is 831. The molecule has 0 fully saturated rings. The van der Waals surface area contributed by atoms with E-state index in [0.717, 1.165) is 11.1 Å². The van der Waals surface area contributed by atoms with Gasteiger partial charge in [-0.05, 0) is 17.7 Å². The van der Waals surface area contributed by atoms with E-state index in [4.69, 9.17) is 0 Å². The highest BCUT2D eigenvalue weighted by molar-refractivity contribution is 5.78. The minimum atomic E-state index is -0.434. The van der Waals surface area contributed by atoms with Crippen molar-refractivity contribution in [1.82, 2.24) is 9.78 Å². The molecular formula is C14H11N3O3. The fourth-order valence-electron chi connectivity index (χ4n) is 2.17. The number of nitro benzene ring substituents is 1. The zero-order valence-electron chi connectivity index (χ0n) is 10.4. The monoisotopic (exact) mass is 269 g/mol. The highest BCUT2D eigenvalue weighted by Crippen LogP contribution is 2.15. The Labute approximate surface area is 113 Å². The average molecular weight is 269 g/mol. The molecule has 100 valence electrons. The predicted octanol–water partition coefficient (Wildman–Crippen LogP) is 2.29. The van der Waals surface area contributed by atoms with Gasteiger partial charge in [0, 0.05) is 12.1 Å². The highest BCUT2D eigenvalue weighted by Gasteiger charge is 2.07. The number of fused-ring (bicyclic) bond motifs is 1. The van der Waals surface area contributed by atoms with E-state index < -0.39 is 4.92 Å². The van der Waals surface area contributed by atoms with Gasteiger partial charge in [-0.25, -0.2) is 0 Å². The van der Waals surface area contributed by atoms with Crippen molar-refractivity contribution in [2.75, 3.05) is 0 Å². The number of aromatic amines is 1. The quantitative estimate of drug-likeness (QED) is 0.585. The molecule has 6 heteroatoms. The van der Waals surface area contributed by atoms with Gasteiger partial charge in [0.25, 0.3) is 11.2 Å². The normalized spacial score (nSPS) is 10.8. The van der Waals surface area contributed by atoms with E-state index in [1.54, 1.807) is 22.9 Å². The molecule has 0 aliphatic carbocycles. The van der Waals surface area contributed by atoms with Crippen LogP contribution in [0.3, 0.4) is 0 Å². The van der Waals surface area contributed by atoms with E-state index in [1.165, 1.54) is 12.1 Å². The molecule has 1 aromatic heterocycles. The van der Waals surface area contributed by atoms with Crippen LogP contribution in [0.15, 0.2) is 53.3 Å². The number of hydrogen-bond donors (Lipinski definition) is 1. The zero-order chi connectivity index (χ0) is 14.1. The van der Waals surface area contributed by atoms with Crippen LogP contribution >= 0.6 is 0 Å². The number of para-hydroxylation sites is 1. The minimum Gasteiger partial charge on any atom is -0.280 e. The van der Waals surface area contributed by atoms with E-state index in [9.17, 15) is 14.9 Å². The molecule has 1 N–H and O–H groups in total. The molecular weight excluding hydrogens is 258 g/mol. The maximum atomic E-state index is 11.8. The van der Waals surface area contributed by atoms with Gasteiger partial charge in [-0.2, -0.15) is 0 Å². The van der Waals surface area contributed by atoms with E-state index in [0.29, 0.717) is 11.9 Å². The zero-order valence-corrected chi connectivity index (χ0v) is 10.4. The lowest BCUT2D eigenvalue weighted by Gasteiger charge is -2.04. The first-order valence-electron chi connectivity index (χ1n) is 6.06. The molecule has 3 rings (SSSR count). The van der Waals surface area contributed by atoms with Gasteiger partial charge >= 0.3 is 0 Å². The second kappa shape index (κ2) is 4.65. The fraction of sp³-hybridized carbons (Fsp3) is 0.0714. The number of hydrogen-bond acceptors (Lipinski definition) is 3. The van der Waals surface area contributed by atoms with Crippen LogP contribution in [0.25, 0.3) is 10.9 Å². The number of nitrogens with zero attached hydrogens (tertiary/aromatic N) is 2. The van der Waals surface area contributed by atoms with E-state index in [1.807, 2.05) is 18.2 Å². The Morgan fingerprint density at radius 3 is 2.50 bits per heavy atom. The lowest BCUT2D eigenvalue weighted by atomic mass is 10.2. The van der Waals surface area contributed by atoms with Crippen molar-refractivity contribution in [2.45, 2.75) is 6.54 Å². The number of rotatable bonds is 3. The van der Waals surface area contributed by atoms with Crippen LogP contribution in [0.5, 0.6) is 0 Å². The molecule has 0 aliphatic heterocycles. The summed E-state index contributed by atoms with van der Waals surface area (Å²) in [5.41, 5.74) is 1.62. The van der Waals surface area contributed by atoms with Gasteiger partial charge in [0.15, 0.2) is 0 Å². The number of non-ortho nitro benzene ring substituents is 1. The smallest absolute Gasteiger partial charge is 0.271 e. The van der Waals surface area contributed by atoms with Crippen molar-refractivity contribution in [3.63, 3.8) is 0 Å². The van der Waals surface area contributed by atoms with Gasteiger partial charge < -0.3 is 0 Å². The van der Waals surface area contributed by atoms with Gasteiger partial charge in [-0.1, -0.05) is 24.3 Å². The molecule has 0 spiro atoms. The lowest BCUT2D eigenvalue weighted by Crippen LogP contribution is -2.06. The summed E-state index contributed by atoms with van der Waals surface area (Å²) in [7, 11) is 0. The summed E-state index contributed by atoms with van der Waals surface area (Å²) in [4.78, 5) is 21.9. The first kappa shape index (κ1) is 12.2. The summed E-state index contributed by atoms with van der Waals surface area (Å²) in [6.45, 7) is 0.459. The van der Waals surface area contributed by atoms with Crippen LogP contribution in [-0.2, 0) is 6.54 Å². The predicted molar refractivity (Wildman–Crippen MR) is 74.8 cm³/mol. The third-order valence-corrected chi connectivity index (χ3v) is 3.16. The number of H-pyrrole nitrogens is 1. The maximum Gasteiger partial charge on any atom is 0.271 e. The number of benzene rings is 2. The highest BCUT2D eigenvalue weighted by atomic mass is 16.6. The second-order valence-electron chi connectivity index (χ2n) is 4.47. The summed E-state index contributed by atoms with van der Waals surface area (Å²) in [5, 5.41) is 14.0. The summed E-state index contributed by atoms with van der Waals surface area (Å²) in [6.07, 6.45) is 0. The standard InChI is InChI=1S/C14H11N3O3/c18-14-12-3-1-2-4-13(12)16(15-14)9-10-5-7-11(8-6-10)17(19)20/h1-8H,9H2,(H,15,18). The minimum absolute atomic E-state index is 0.0552. The SMILES string of the molecule is O=c1[nH]n(Cc2ccc([N+](=O)[O-])cc2)c2ccccc12. The molecule has 0 atom stereocenters. The van der Waals surface area contributed by atoms with Crippen molar-refractivity contribution >= 4 is 16.6 Å². The van der Waals surface area contributed by atoms with Crippen molar-refractivity contribution in [2.24, 2.45) is 0 Å². The number of nitro groups is 1. The Morgan fingerprint density at radius 2 is 1.80 bits per heavy atom. The summed E-state index contributed by atoms with van der Waals surface area (Å²) in [5.74, 6) is 0. The van der Waals surface area contributed by atoms with Gasteiger partial charge in [0.05, 0.1) is 22.4 Å². The molecule has 0 amide bonds. The van der Waals surface area contributed by atoms with Crippen LogP contribution in [0.4, 0.5) is 5.69 Å². The second-order valence-corrected chi connectivity index (χ2v) is 4.47. The van der Waals surface area contributed by atoms with Crippen LogP contribution in [-0.4, -0.2) is 14.7 Å². The van der Waals surface area contributed by atoms with E-state index in [2.05, 4.69) is 5.10 Å². The van der Waals surface area contributed by atoms with Crippen LogP contribution in [0, 0.1) is 10.1 Å². The molecule has 0 radical (unpaired) electrons. The van der Waals surface area contributed by atoms with Crippen LogP contribution in [0.2, 0.25) is 0 Å². The first-order chi connectivity index (χ1) is 9.65. The van der Waals surface area contributed by atoms with Gasteiger partial charge in [-0.15, -0.1) is 0 Å². The van der Waals surface area contributed by atoms with Gasteiger partial charge in [0.2, 0.25) is 0 Å². The summed E-state index contributed by atoms with van der Waals surface area (Å²) < 4.78 is 1.73. The van der Waals surface area contributed by atoms with Crippen molar-refractivity contribution in [3.8, 4) is 0 Å². The van der Waals surface area contributed by atoms with Crippen LogP contribution in [0.1, 0.15) is 5.56 Å². The molecule has 3 aromatic rings. The number of nitrogens with one attached hydrogen (secondary N) is 1. The summed E-state index contributed by atoms with van der Waals surface area (Å²) >= 11 is 0. The Balaban J connectivity index is 1.97. The van der Waals surface area contributed by atoms with E-state index >= 15 is 0 Å². The van der Waals surface area contributed by atoms with E-state index in [-0.39, 0.29) is 11.2 Å². The van der Waals surface area contributed by atoms with Crippen molar-refractivity contribution in [1.29, 1.82) is 0 Å². The fourth-order valence-corrected chi connectivity index (χ4v) is 2.17. The topological polar surface area (TPSA) is 80.9 Å². The largest absolute Gasteiger partial charge is 0.280 e. The summed E-state index contributed by atoms with van der Waals surface area (Å²) in [6, 6.07) is 13.6.